The van der Waals surface area contributed by atoms with Crippen LogP contribution < -0.4 is 5.32 Å². The zero-order valence-corrected chi connectivity index (χ0v) is 8.05. The molecule has 0 fully saturated rings. The summed E-state index contributed by atoms with van der Waals surface area (Å²) in [5, 5.41) is 2.54. The molecule has 0 unspecified atom stereocenters. The van der Waals surface area contributed by atoms with E-state index in [1.165, 1.54) is 0 Å². The number of hydrogen-bond acceptors (Lipinski definition) is 2. The Morgan fingerprint density at radius 2 is 2.42 bits per heavy atom. The first-order valence-electron chi connectivity index (χ1n) is 3.31. The summed E-state index contributed by atoms with van der Waals surface area (Å²) >= 11 is 1.87. The highest BCUT2D eigenvalue weighted by Gasteiger charge is 2.22. The fraction of sp³-hybridized carbons (Fsp3) is 0.143. The molecular formula is C7H4FIN2O. The van der Waals surface area contributed by atoms with Crippen LogP contribution >= 0.6 is 22.6 Å². The van der Waals surface area contributed by atoms with E-state index in [4.69, 9.17) is 0 Å². The second-order valence-electron chi connectivity index (χ2n) is 2.47. The van der Waals surface area contributed by atoms with Crippen molar-refractivity contribution in [3.63, 3.8) is 0 Å². The van der Waals surface area contributed by atoms with Gasteiger partial charge in [0.25, 0.3) is 0 Å². The van der Waals surface area contributed by atoms with Crippen LogP contribution in [0.1, 0.15) is 5.56 Å². The Labute approximate surface area is 81.5 Å². The molecule has 2 heterocycles. The van der Waals surface area contributed by atoms with Crippen molar-refractivity contribution >= 4 is 34.3 Å². The Hall–Kier alpha value is -0.720. The first kappa shape index (κ1) is 7.90. The SMILES string of the molecule is O=C1Cc2c(ncc(F)c2I)N1. The molecule has 0 aromatic carbocycles. The maximum absolute atomic E-state index is 12.9. The predicted molar refractivity (Wildman–Crippen MR) is 49.2 cm³/mol. The Balaban J connectivity index is 2.61. The summed E-state index contributed by atoms with van der Waals surface area (Å²) in [5.74, 6) is -0.00216. The van der Waals surface area contributed by atoms with E-state index < -0.39 is 0 Å². The lowest BCUT2D eigenvalue weighted by Crippen LogP contribution is -2.04. The molecule has 1 N–H and O–H groups in total. The maximum atomic E-state index is 12.9. The number of fused-ring (bicyclic) bond motifs is 1. The van der Waals surface area contributed by atoms with Crippen LogP contribution in [0.25, 0.3) is 0 Å². The number of carbonyl (C=O) groups is 1. The fourth-order valence-corrected chi connectivity index (χ4v) is 1.70. The van der Waals surface area contributed by atoms with Gasteiger partial charge >= 0.3 is 0 Å². The Bertz CT molecular complexity index is 367. The molecule has 1 aromatic heterocycles. The highest BCUT2D eigenvalue weighted by Crippen LogP contribution is 2.26. The second-order valence-corrected chi connectivity index (χ2v) is 3.55. The molecule has 2 rings (SSSR count). The predicted octanol–water partition coefficient (Wildman–Crippen LogP) is 1.32. The van der Waals surface area contributed by atoms with E-state index in [-0.39, 0.29) is 18.1 Å². The van der Waals surface area contributed by atoms with Gasteiger partial charge in [0.2, 0.25) is 5.91 Å². The summed E-state index contributed by atoms with van der Waals surface area (Å²) in [5.41, 5.74) is 0.667. The van der Waals surface area contributed by atoms with Crippen LogP contribution in [0, 0.1) is 9.39 Å². The number of halogens is 2. The van der Waals surface area contributed by atoms with E-state index in [1.807, 2.05) is 22.6 Å². The fourth-order valence-electron chi connectivity index (χ4n) is 1.11. The summed E-state index contributed by atoms with van der Waals surface area (Å²) in [6, 6.07) is 0. The number of aromatic nitrogens is 1. The van der Waals surface area contributed by atoms with E-state index in [1.54, 1.807) is 0 Å². The Kier molecular flexibility index (Phi) is 1.75. The van der Waals surface area contributed by atoms with Gasteiger partial charge in [-0.3, -0.25) is 4.79 Å². The molecule has 62 valence electrons. The molecular weight excluding hydrogens is 274 g/mol. The van der Waals surface area contributed by atoms with Crippen molar-refractivity contribution in [1.29, 1.82) is 0 Å². The highest BCUT2D eigenvalue weighted by atomic mass is 127. The number of pyridine rings is 1. The van der Waals surface area contributed by atoms with E-state index in [9.17, 15) is 9.18 Å². The number of rotatable bonds is 0. The number of hydrogen-bond donors (Lipinski definition) is 1. The van der Waals surface area contributed by atoms with Crippen molar-refractivity contribution in [3.8, 4) is 0 Å². The Morgan fingerprint density at radius 3 is 3.17 bits per heavy atom. The molecule has 12 heavy (non-hydrogen) atoms. The lowest BCUT2D eigenvalue weighted by molar-refractivity contribution is -0.115. The Morgan fingerprint density at radius 1 is 1.67 bits per heavy atom. The monoisotopic (exact) mass is 278 g/mol. The minimum Gasteiger partial charge on any atom is -0.310 e. The first-order valence-corrected chi connectivity index (χ1v) is 4.39. The van der Waals surface area contributed by atoms with Crippen LogP contribution in [0.15, 0.2) is 6.20 Å². The summed E-state index contributed by atoms with van der Waals surface area (Å²) in [6.45, 7) is 0. The molecule has 0 atom stereocenters. The van der Waals surface area contributed by atoms with Gasteiger partial charge in [-0.15, -0.1) is 0 Å². The van der Waals surface area contributed by atoms with Crippen molar-refractivity contribution in [1.82, 2.24) is 4.98 Å². The van der Waals surface area contributed by atoms with Gasteiger partial charge in [-0.2, -0.15) is 0 Å². The van der Waals surface area contributed by atoms with Crippen molar-refractivity contribution in [2.75, 3.05) is 5.32 Å². The maximum Gasteiger partial charge on any atom is 0.230 e. The first-order chi connectivity index (χ1) is 5.68. The van der Waals surface area contributed by atoms with Gasteiger partial charge < -0.3 is 5.32 Å². The van der Waals surface area contributed by atoms with Gasteiger partial charge in [0.15, 0.2) is 5.82 Å². The van der Waals surface area contributed by atoms with Crippen molar-refractivity contribution < 1.29 is 9.18 Å². The molecule has 1 aromatic rings. The summed E-state index contributed by atoms with van der Waals surface area (Å²) in [4.78, 5) is 14.6. The smallest absolute Gasteiger partial charge is 0.230 e. The number of anilines is 1. The third-order valence-electron chi connectivity index (χ3n) is 1.66. The molecule has 0 bridgehead atoms. The largest absolute Gasteiger partial charge is 0.310 e. The lowest BCUT2D eigenvalue weighted by Gasteiger charge is -1.99. The van der Waals surface area contributed by atoms with Crippen LogP contribution in [0.3, 0.4) is 0 Å². The third-order valence-corrected chi connectivity index (χ3v) is 2.83. The molecule has 1 aliphatic rings. The normalized spacial score (nSPS) is 14.3. The van der Waals surface area contributed by atoms with E-state index in [0.29, 0.717) is 15.0 Å². The van der Waals surface area contributed by atoms with E-state index in [2.05, 4.69) is 10.3 Å². The zero-order valence-electron chi connectivity index (χ0n) is 5.90. The van der Waals surface area contributed by atoms with Gasteiger partial charge in [-0.1, -0.05) is 0 Å². The average Bonchev–Trinajstić information content (AvgIpc) is 2.39. The molecule has 1 aliphatic heterocycles. The molecule has 0 radical (unpaired) electrons. The van der Waals surface area contributed by atoms with Gasteiger partial charge in [-0.25, -0.2) is 9.37 Å². The van der Waals surface area contributed by atoms with E-state index >= 15 is 0 Å². The number of carbonyl (C=O) groups excluding carboxylic acids is 1. The van der Waals surface area contributed by atoms with Crippen LogP contribution in [0.4, 0.5) is 10.2 Å². The standard InChI is InChI=1S/C7H4FIN2O/c8-4-2-10-7-3(6(4)9)1-5(12)11-7/h2H,1H2,(H,10,11,12). The van der Waals surface area contributed by atoms with Crippen LogP contribution in [0.5, 0.6) is 0 Å². The number of nitrogens with zero attached hydrogens (tertiary/aromatic N) is 1. The van der Waals surface area contributed by atoms with Crippen molar-refractivity contribution in [2.24, 2.45) is 0 Å². The van der Waals surface area contributed by atoms with Gasteiger partial charge in [0.05, 0.1) is 16.2 Å². The van der Waals surface area contributed by atoms with Crippen LogP contribution in [-0.4, -0.2) is 10.9 Å². The minimum absolute atomic E-state index is 0.124. The molecule has 0 saturated heterocycles. The molecule has 1 amide bonds. The van der Waals surface area contributed by atoms with E-state index in [0.717, 1.165) is 6.20 Å². The topological polar surface area (TPSA) is 42.0 Å². The molecule has 0 saturated carbocycles. The van der Waals surface area contributed by atoms with Gasteiger partial charge in [0.1, 0.15) is 5.82 Å². The molecule has 3 nitrogen and oxygen atoms in total. The van der Waals surface area contributed by atoms with Crippen LogP contribution in [0.2, 0.25) is 0 Å². The lowest BCUT2D eigenvalue weighted by atomic mass is 10.2. The second kappa shape index (κ2) is 2.65. The van der Waals surface area contributed by atoms with Gasteiger partial charge in [0, 0.05) is 5.56 Å². The molecule has 5 heteroatoms. The van der Waals surface area contributed by atoms with Crippen LogP contribution in [-0.2, 0) is 11.2 Å². The zero-order chi connectivity index (χ0) is 8.72. The summed E-state index contributed by atoms with van der Waals surface area (Å²) in [6.07, 6.45) is 1.35. The molecule has 0 aliphatic carbocycles. The quantitative estimate of drug-likeness (QED) is 0.727. The highest BCUT2D eigenvalue weighted by molar-refractivity contribution is 14.1. The average molecular weight is 278 g/mol. The summed E-state index contributed by atoms with van der Waals surface area (Å²) in [7, 11) is 0. The van der Waals surface area contributed by atoms with Crippen molar-refractivity contribution in [3.05, 3.63) is 21.1 Å². The summed E-state index contributed by atoms with van der Waals surface area (Å²) < 4.78 is 13.4. The number of amides is 1. The third kappa shape index (κ3) is 1.08. The van der Waals surface area contributed by atoms with Crippen molar-refractivity contribution in [2.45, 2.75) is 6.42 Å². The molecule has 0 spiro atoms. The van der Waals surface area contributed by atoms with Gasteiger partial charge in [-0.05, 0) is 22.6 Å². The number of nitrogens with one attached hydrogen (secondary N) is 1. The minimum atomic E-state index is -0.370.